The van der Waals surface area contributed by atoms with E-state index in [2.05, 4.69) is 20.4 Å². The molecule has 0 bridgehead atoms. The average Bonchev–Trinajstić information content (AvgIpc) is 2.95. The summed E-state index contributed by atoms with van der Waals surface area (Å²) >= 11 is 0. The van der Waals surface area contributed by atoms with Crippen LogP contribution in [0.25, 0.3) is 5.69 Å². The predicted octanol–water partition coefficient (Wildman–Crippen LogP) is 2.58. The fraction of sp³-hybridized carbons (Fsp3) is 0.133. The molecule has 0 saturated heterocycles. The van der Waals surface area contributed by atoms with Gasteiger partial charge in [0.25, 0.3) is 0 Å². The molecule has 3 rings (SSSR count). The number of benzene rings is 1. The lowest BCUT2D eigenvalue weighted by atomic mass is 10.3. The molecule has 1 N–H and O–H groups in total. The van der Waals surface area contributed by atoms with E-state index in [0.29, 0.717) is 6.54 Å². The van der Waals surface area contributed by atoms with Crippen LogP contribution in [0.15, 0.2) is 55.0 Å². The fourth-order valence-electron chi connectivity index (χ4n) is 1.91. The number of nitrogens with zero attached hydrogens (tertiary/aromatic N) is 4. The largest absolute Gasteiger partial charge is 0.364 e. The molecule has 5 heteroatoms. The quantitative estimate of drug-likeness (QED) is 0.787. The zero-order chi connectivity index (χ0) is 13.8. The van der Waals surface area contributed by atoms with Crippen LogP contribution in [0.5, 0.6) is 0 Å². The summed E-state index contributed by atoms with van der Waals surface area (Å²) in [4.78, 5) is 8.23. The van der Waals surface area contributed by atoms with Crippen molar-refractivity contribution in [1.29, 1.82) is 0 Å². The molecule has 0 unspecified atom stereocenters. The summed E-state index contributed by atoms with van der Waals surface area (Å²) in [5.41, 5.74) is 2.96. The summed E-state index contributed by atoms with van der Waals surface area (Å²) in [5.74, 6) is 0.812. The molecule has 0 fully saturated rings. The number of rotatable bonds is 4. The number of aromatic nitrogens is 4. The van der Waals surface area contributed by atoms with E-state index in [0.717, 1.165) is 22.9 Å². The third kappa shape index (κ3) is 2.83. The molecule has 20 heavy (non-hydrogen) atoms. The van der Waals surface area contributed by atoms with Gasteiger partial charge in [0.05, 0.1) is 17.9 Å². The smallest absolute Gasteiger partial charge is 0.129 e. The van der Waals surface area contributed by atoms with E-state index in [1.165, 1.54) is 0 Å². The van der Waals surface area contributed by atoms with Gasteiger partial charge in [0.1, 0.15) is 12.1 Å². The van der Waals surface area contributed by atoms with Gasteiger partial charge in [-0.1, -0.05) is 18.2 Å². The van der Waals surface area contributed by atoms with Crippen LogP contribution in [0.1, 0.15) is 11.4 Å². The van der Waals surface area contributed by atoms with Gasteiger partial charge in [-0.2, -0.15) is 5.10 Å². The van der Waals surface area contributed by atoms with Gasteiger partial charge in [-0.25, -0.2) is 14.6 Å². The molecule has 0 saturated carbocycles. The lowest BCUT2D eigenvalue weighted by Gasteiger charge is -2.03. The Kier molecular flexibility index (Phi) is 3.41. The van der Waals surface area contributed by atoms with Crippen LogP contribution in [0.2, 0.25) is 0 Å². The Morgan fingerprint density at radius 3 is 2.75 bits per heavy atom. The Bertz CT molecular complexity index is 690. The molecule has 3 aromatic rings. The molecule has 0 radical (unpaired) electrons. The van der Waals surface area contributed by atoms with Crippen molar-refractivity contribution < 1.29 is 0 Å². The van der Waals surface area contributed by atoms with Crippen molar-refractivity contribution in [2.24, 2.45) is 0 Å². The number of hydrogen-bond donors (Lipinski definition) is 1. The summed E-state index contributed by atoms with van der Waals surface area (Å²) < 4.78 is 1.86. The predicted molar refractivity (Wildman–Crippen MR) is 77.7 cm³/mol. The average molecular weight is 265 g/mol. The normalized spacial score (nSPS) is 10.4. The lowest BCUT2D eigenvalue weighted by molar-refractivity contribution is 0.842. The van der Waals surface area contributed by atoms with E-state index < -0.39 is 0 Å². The molecule has 0 aliphatic carbocycles. The standard InChI is InChI=1S/C15H15N5/c1-12-9-15(18-11-17-12)16-10-13-7-8-20(19-13)14-5-3-2-4-6-14/h2-9,11H,10H2,1H3,(H,16,17,18). The van der Waals surface area contributed by atoms with E-state index >= 15 is 0 Å². The third-order valence-corrected chi connectivity index (χ3v) is 2.92. The zero-order valence-corrected chi connectivity index (χ0v) is 11.2. The zero-order valence-electron chi connectivity index (χ0n) is 11.2. The second-order valence-electron chi connectivity index (χ2n) is 4.49. The van der Waals surface area contributed by atoms with Gasteiger partial charge in [0, 0.05) is 18.0 Å². The SMILES string of the molecule is Cc1cc(NCc2ccn(-c3ccccc3)n2)ncn1. The van der Waals surface area contributed by atoms with Crippen molar-refractivity contribution >= 4 is 5.82 Å². The summed E-state index contributed by atoms with van der Waals surface area (Å²) in [5, 5.41) is 7.77. The summed E-state index contributed by atoms with van der Waals surface area (Å²) in [6.45, 7) is 2.58. The topological polar surface area (TPSA) is 55.6 Å². The monoisotopic (exact) mass is 265 g/mol. The molecule has 0 atom stereocenters. The molecule has 0 aliphatic heterocycles. The van der Waals surface area contributed by atoms with Crippen LogP contribution in [-0.2, 0) is 6.54 Å². The van der Waals surface area contributed by atoms with Crippen molar-refractivity contribution in [1.82, 2.24) is 19.7 Å². The van der Waals surface area contributed by atoms with Crippen molar-refractivity contribution in [2.45, 2.75) is 13.5 Å². The first-order chi connectivity index (χ1) is 9.81. The van der Waals surface area contributed by atoms with Crippen molar-refractivity contribution in [3.8, 4) is 5.69 Å². The molecule has 0 spiro atoms. The van der Waals surface area contributed by atoms with Gasteiger partial charge >= 0.3 is 0 Å². The highest BCUT2D eigenvalue weighted by molar-refractivity contribution is 5.35. The van der Waals surface area contributed by atoms with Crippen LogP contribution < -0.4 is 5.32 Å². The first-order valence-electron chi connectivity index (χ1n) is 6.44. The maximum absolute atomic E-state index is 4.53. The molecule has 2 aromatic heterocycles. The molecular formula is C15H15N5. The number of nitrogens with one attached hydrogen (secondary N) is 1. The van der Waals surface area contributed by atoms with Crippen molar-refractivity contribution in [3.63, 3.8) is 0 Å². The summed E-state index contributed by atoms with van der Waals surface area (Å²) in [6.07, 6.45) is 3.51. The van der Waals surface area contributed by atoms with Crippen LogP contribution in [-0.4, -0.2) is 19.7 Å². The Morgan fingerprint density at radius 1 is 1.10 bits per heavy atom. The van der Waals surface area contributed by atoms with Gasteiger partial charge in [-0.3, -0.25) is 0 Å². The minimum absolute atomic E-state index is 0.635. The van der Waals surface area contributed by atoms with E-state index in [1.54, 1.807) is 6.33 Å². The number of anilines is 1. The highest BCUT2D eigenvalue weighted by Gasteiger charge is 2.01. The number of hydrogen-bond acceptors (Lipinski definition) is 4. The van der Waals surface area contributed by atoms with Crippen molar-refractivity contribution in [3.05, 3.63) is 66.4 Å². The van der Waals surface area contributed by atoms with E-state index in [9.17, 15) is 0 Å². The van der Waals surface area contributed by atoms with Gasteiger partial charge in [-0.05, 0) is 25.1 Å². The molecule has 5 nitrogen and oxygen atoms in total. The third-order valence-electron chi connectivity index (χ3n) is 2.92. The van der Waals surface area contributed by atoms with E-state index in [1.807, 2.05) is 60.3 Å². The highest BCUT2D eigenvalue weighted by Crippen LogP contribution is 2.09. The van der Waals surface area contributed by atoms with Gasteiger partial charge in [-0.15, -0.1) is 0 Å². The number of aryl methyl sites for hydroxylation is 1. The van der Waals surface area contributed by atoms with E-state index in [-0.39, 0.29) is 0 Å². The molecule has 1 aromatic carbocycles. The second-order valence-corrected chi connectivity index (χ2v) is 4.49. The molecular weight excluding hydrogens is 250 g/mol. The first kappa shape index (κ1) is 12.3. The fourth-order valence-corrected chi connectivity index (χ4v) is 1.91. The van der Waals surface area contributed by atoms with Crippen molar-refractivity contribution in [2.75, 3.05) is 5.32 Å². The molecule has 0 amide bonds. The number of para-hydroxylation sites is 1. The first-order valence-corrected chi connectivity index (χ1v) is 6.44. The van der Waals surface area contributed by atoms with Gasteiger partial charge in [0.15, 0.2) is 0 Å². The lowest BCUT2D eigenvalue weighted by Crippen LogP contribution is -2.04. The molecule has 0 aliphatic rings. The minimum Gasteiger partial charge on any atom is -0.364 e. The Morgan fingerprint density at radius 2 is 1.95 bits per heavy atom. The van der Waals surface area contributed by atoms with Gasteiger partial charge < -0.3 is 5.32 Å². The Labute approximate surface area is 117 Å². The Hall–Kier alpha value is -2.69. The molecule has 100 valence electrons. The highest BCUT2D eigenvalue weighted by atomic mass is 15.3. The van der Waals surface area contributed by atoms with Crippen LogP contribution >= 0.6 is 0 Å². The summed E-state index contributed by atoms with van der Waals surface area (Å²) in [6, 6.07) is 13.9. The summed E-state index contributed by atoms with van der Waals surface area (Å²) in [7, 11) is 0. The maximum Gasteiger partial charge on any atom is 0.129 e. The second kappa shape index (κ2) is 5.52. The van der Waals surface area contributed by atoms with Crippen LogP contribution in [0, 0.1) is 6.92 Å². The Balaban J connectivity index is 1.69. The van der Waals surface area contributed by atoms with Gasteiger partial charge in [0.2, 0.25) is 0 Å². The van der Waals surface area contributed by atoms with Crippen LogP contribution in [0.3, 0.4) is 0 Å². The minimum atomic E-state index is 0.635. The molecule has 2 heterocycles. The maximum atomic E-state index is 4.53. The van der Waals surface area contributed by atoms with Crippen LogP contribution in [0.4, 0.5) is 5.82 Å². The van der Waals surface area contributed by atoms with E-state index in [4.69, 9.17) is 0 Å².